The van der Waals surface area contributed by atoms with Crippen LogP contribution in [0.15, 0.2) is 30.3 Å². The molecular formula is C18H18F2N2O5. The van der Waals surface area contributed by atoms with Gasteiger partial charge in [0.1, 0.15) is 11.6 Å². The van der Waals surface area contributed by atoms with Crippen molar-refractivity contribution in [2.45, 2.75) is 0 Å². The minimum Gasteiger partial charge on any atom is -0.493 e. The fraction of sp³-hybridized carbons (Fsp3) is 0.222. The molecule has 0 heterocycles. The lowest BCUT2D eigenvalue weighted by Crippen LogP contribution is -2.23. The van der Waals surface area contributed by atoms with Gasteiger partial charge in [-0.2, -0.15) is 0 Å². The second-order valence-electron chi connectivity index (χ2n) is 5.27. The predicted molar refractivity (Wildman–Crippen MR) is 94.4 cm³/mol. The van der Waals surface area contributed by atoms with Gasteiger partial charge < -0.3 is 24.8 Å². The van der Waals surface area contributed by atoms with E-state index in [9.17, 15) is 18.4 Å². The molecule has 2 rings (SSSR count). The fourth-order valence-electron chi connectivity index (χ4n) is 2.27. The molecule has 144 valence electrons. The van der Waals surface area contributed by atoms with E-state index in [4.69, 9.17) is 14.2 Å². The zero-order valence-corrected chi connectivity index (χ0v) is 14.9. The Morgan fingerprint density at radius 2 is 1.63 bits per heavy atom. The van der Waals surface area contributed by atoms with E-state index in [1.807, 2.05) is 0 Å². The molecule has 0 atom stereocenters. The van der Waals surface area contributed by atoms with Crippen LogP contribution in [-0.4, -0.2) is 39.8 Å². The van der Waals surface area contributed by atoms with E-state index in [-0.39, 0.29) is 23.5 Å². The van der Waals surface area contributed by atoms with Crippen LogP contribution in [0.2, 0.25) is 0 Å². The summed E-state index contributed by atoms with van der Waals surface area (Å²) in [5.74, 6) is -2.14. The highest BCUT2D eigenvalue weighted by Gasteiger charge is 2.18. The van der Waals surface area contributed by atoms with Crippen LogP contribution in [-0.2, 0) is 9.53 Å². The number of carbonyl (C=O) groups excluding carboxylic acids is 2. The Hall–Kier alpha value is -3.36. The third-order valence-electron chi connectivity index (χ3n) is 3.57. The first kappa shape index (κ1) is 20.0. The molecule has 27 heavy (non-hydrogen) atoms. The number of nitrogens with one attached hydrogen (secondary N) is 2. The molecule has 0 radical (unpaired) electrons. The highest BCUT2D eigenvalue weighted by molar-refractivity contribution is 5.99. The molecule has 0 bridgehead atoms. The van der Waals surface area contributed by atoms with Crippen LogP contribution < -0.4 is 20.1 Å². The Labute approximate surface area is 154 Å². The highest BCUT2D eigenvalue weighted by Crippen LogP contribution is 2.33. The molecule has 0 aliphatic rings. The number of halogens is 2. The summed E-state index contributed by atoms with van der Waals surface area (Å²) in [6, 6.07) is 5.57. The summed E-state index contributed by atoms with van der Waals surface area (Å²) in [4.78, 5) is 24.0. The van der Waals surface area contributed by atoms with E-state index < -0.39 is 23.5 Å². The SMILES string of the molecule is COC(=O)c1cc(OC)c(OC)cc1NCC(=O)Nc1cc(F)ccc1F. The number of rotatable bonds is 7. The minimum absolute atomic E-state index is 0.111. The number of methoxy groups -OCH3 is 3. The summed E-state index contributed by atoms with van der Waals surface area (Å²) < 4.78 is 41.8. The van der Waals surface area contributed by atoms with Gasteiger partial charge in [0.05, 0.1) is 44.8 Å². The molecular weight excluding hydrogens is 362 g/mol. The Morgan fingerprint density at radius 3 is 2.26 bits per heavy atom. The predicted octanol–water partition coefficient (Wildman–Crippen LogP) is 2.82. The third kappa shape index (κ3) is 4.84. The van der Waals surface area contributed by atoms with E-state index >= 15 is 0 Å². The van der Waals surface area contributed by atoms with Crippen molar-refractivity contribution in [1.82, 2.24) is 0 Å². The van der Waals surface area contributed by atoms with Gasteiger partial charge in [0, 0.05) is 18.2 Å². The zero-order chi connectivity index (χ0) is 20.0. The molecule has 0 spiro atoms. The Morgan fingerprint density at radius 1 is 0.963 bits per heavy atom. The first-order valence-corrected chi connectivity index (χ1v) is 7.72. The van der Waals surface area contributed by atoms with Gasteiger partial charge in [0.15, 0.2) is 11.5 Å². The smallest absolute Gasteiger partial charge is 0.340 e. The van der Waals surface area contributed by atoms with Gasteiger partial charge in [0.25, 0.3) is 0 Å². The van der Waals surface area contributed by atoms with Gasteiger partial charge in [-0.1, -0.05) is 0 Å². The van der Waals surface area contributed by atoms with Crippen molar-refractivity contribution in [1.29, 1.82) is 0 Å². The minimum atomic E-state index is -0.772. The van der Waals surface area contributed by atoms with Crippen molar-refractivity contribution in [3.63, 3.8) is 0 Å². The molecule has 0 aromatic heterocycles. The second-order valence-corrected chi connectivity index (χ2v) is 5.27. The quantitative estimate of drug-likeness (QED) is 0.719. The molecule has 9 heteroatoms. The molecule has 2 aromatic carbocycles. The van der Waals surface area contributed by atoms with Crippen LogP contribution >= 0.6 is 0 Å². The average molecular weight is 380 g/mol. The molecule has 0 saturated carbocycles. The molecule has 0 aliphatic heterocycles. The van der Waals surface area contributed by atoms with Crippen LogP contribution in [0, 0.1) is 11.6 Å². The van der Waals surface area contributed by atoms with Crippen LogP contribution in [0.1, 0.15) is 10.4 Å². The van der Waals surface area contributed by atoms with Crippen LogP contribution in [0.3, 0.4) is 0 Å². The maximum atomic E-state index is 13.6. The Balaban J connectivity index is 2.19. The normalized spacial score (nSPS) is 10.1. The summed E-state index contributed by atoms with van der Waals surface area (Å²) in [5, 5.41) is 4.99. The molecule has 0 saturated heterocycles. The standard InChI is InChI=1S/C18H18F2N2O5/c1-25-15-7-11(18(24)27-3)13(8-16(15)26-2)21-9-17(23)22-14-6-10(19)4-5-12(14)20/h4-8,21H,9H2,1-3H3,(H,22,23). The second kappa shape index (κ2) is 8.84. The largest absolute Gasteiger partial charge is 0.493 e. The molecule has 1 amide bonds. The summed E-state index contributed by atoms with van der Waals surface area (Å²) in [7, 11) is 4.04. The van der Waals surface area contributed by atoms with Crippen molar-refractivity contribution in [2.24, 2.45) is 0 Å². The number of esters is 1. The van der Waals surface area contributed by atoms with Crippen LogP contribution in [0.25, 0.3) is 0 Å². The number of hydrogen-bond acceptors (Lipinski definition) is 6. The lowest BCUT2D eigenvalue weighted by Gasteiger charge is -2.15. The molecule has 7 nitrogen and oxygen atoms in total. The van der Waals surface area contributed by atoms with Gasteiger partial charge in [-0.25, -0.2) is 13.6 Å². The van der Waals surface area contributed by atoms with Gasteiger partial charge in [0.2, 0.25) is 5.91 Å². The summed E-state index contributed by atoms with van der Waals surface area (Å²) >= 11 is 0. The molecule has 0 aliphatic carbocycles. The van der Waals surface area contributed by atoms with Gasteiger partial charge in [-0.3, -0.25) is 4.79 Å². The van der Waals surface area contributed by atoms with Gasteiger partial charge >= 0.3 is 5.97 Å². The van der Waals surface area contributed by atoms with E-state index in [0.717, 1.165) is 18.2 Å². The fourth-order valence-corrected chi connectivity index (χ4v) is 2.27. The molecule has 2 N–H and O–H groups in total. The van der Waals surface area contributed by atoms with E-state index in [2.05, 4.69) is 10.6 Å². The lowest BCUT2D eigenvalue weighted by atomic mass is 10.1. The van der Waals surface area contributed by atoms with Crippen molar-refractivity contribution < 1.29 is 32.6 Å². The van der Waals surface area contributed by atoms with Crippen molar-refractivity contribution >= 4 is 23.3 Å². The summed E-state index contributed by atoms with van der Waals surface area (Å²) in [5.41, 5.74) is 0.0663. The average Bonchev–Trinajstić information content (AvgIpc) is 2.67. The Bertz CT molecular complexity index is 858. The van der Waals surface area contributed by atoms with E-state index in [1.54, 1.807) is 0 Å². The van der Waals surface area contributed by atoms with Crippen molar-refractivity contribution in [3.8, 4) is 11.5 Å². The topological polar surface area (TPSA) is 85.9 Å². The molecule has 0 fully saturated rings. The highest BCUT2D eigenvalue weighted by atomic mass is 19.1. The number of anilines is 2. The number of carbonyl (C=O) groups is 2. The van der Waals surface area contributed by atoms with Crippen LogP contribution in [0.4, 0.5) is 20.2 Å². The lowest BCUT2D eigenvalue weighted by molar-refractivity contribution is -0.114. The van der Waals surface area contributed by atoms with Crippen molar-refractivity contribution in [2.75, 3.05) is 38.5 Å². The summed E-state index contributed by atoms with van der Waals surface area (Å²) in [6.45, 7) is -0.324. The van der Waals surface area contributed by atoms with Gasteiger partial charge in [-0.15, -0.1) is 0 Å². The maximum absolute atomic E-state index is 13.6. The van der Waals surface area contributed by atoms with Crippen molar-refractivity contribution in [3.05, 3.63) is 47.5 Å². The van der Waals surface area contributed by atoms with E-state index in [0.29, 0.717) is 11.5 Å². The summed E-state index contributed by atoms with van der Waals surface area (Å²) in [6.07, 6.45) is 0. The number of amides is 1. The van der Waals surface area contributed by atoms with Gasteiger partial charge in [-0.05, 0) is 12.1 Å². The maximum Gasteiger partial charge on any atom is 0.340 e. The third-order valence-corrected chi connectivity index (χ3v) is 3.57. The van der Waals surface area contributed by atoms with Crippen LogP contribution in [0.5, 0.6) is 11.5 Å². The number of ether oxygens (including phenoxy) is 3. The Kier molecular flexibility index (Phi) is 6.53. The zero-order valence-electron chi connectivity index (χ0n) is 14.9. The van der Waals surface area contributed by atoms with E-state index in [1.165, 1.54) is 33.5 Å². The number of hydrogen-bond donors (Lipinski definition) is 2. The molecule has 0 unspecified atom stereocenters. The number of benzene rings is 2. The first-order valence-electron chi connectivity index (χ1n) is 7.72. The monoisotopic (exact) mass is 380 g/mol. The molecule has 2 aromatic rings. The first-order chi connectivity index (χ1) is 12.9.